The number of halogens is 1. The van der Waals surface area contributed by atoms with Gasteiger partial charge in [-0.1, -0.05) is 17.7 Å². The van der Waals surface area contributed by atoms with Crippen molar-refractivity contribution in [2.45, 2.75) is 6.10 Å². The van der Waals surface area contributed by atoms with Crippen LogP contribution in [-0.4, -0.2) is 48.1 Å². The molecule has 4 N–H and O–H groups in total. The average molecular weight is 378 g/mol. The number of aliphatic hydroxyl groups excluding tert-OH is 1. The summed E-state index contributed by atoms with van der Waals surface area (Å²) in [4.78, 5) is 23.3. The van der Waals surface area contributed by atoms with Crippen molar-refractivity contribution in [3.05, 3.63) is 58.1 Å². The van der Waals surface area contributed by atoms with Crippen LogP contribution in [0.2, 0.25) is 5.02 Å². The lowest BCUT2D eigenvalue weighted by molar-refractivity contribution is 0.0914. The van der Waals surface area contributed by atoms with Crippen molar-refractivity contribution in [2.24, 2.45) is 0 Å². The molecule has 0 saturated carbocycles. The van der Waals surface area contributed by atoms with Crippen LogP contribution in [0.5, 0.6) is 5.75 Å². The number of ether oxygens (including phenoxy) is 1. The molecule has 0 aliphatic carbocycles. The van der Waals surface area contributed by atoms with Gasteiger partial charge in [-0.15, -0.1) is 0 Å². The number of benzene rings is 2. The van der Waals surface area contributed by atoms with Crippen molar-refractivity contribution in [1.82, 2.24) is 5.32 Å². The van der Waals surface area contributed by atoms with Gasteiger partial charge >= 0.3 is 7.12 Å². The maximum absolute atomic E-state index is 12.2. The van der Waals surface area contributed by atoms with Gasteiger partial charge in [0.1, 0.15) is 12.0 Å². The second-order valence-electron chi connectivity index (χ2n) is 5.45. The Bertz CT molecular complexity index is 814. The van der Waals surface area contributed by atoms with E-state index < -0.39 is 19.1 Å². The van der Waals surface area contributed by atoms with Gasteiger partial charge in [-0.25, -0.2) is 0 Å². The predicted molar refractivity (Wildman–Crippen MR) is 97.0 cm³/mol. The van der Waals surface area contributed by atoms with Gasteiger partial charge in [0.25, 0.3) is 5.91 Å². The molecule has 0 spiro atoms. The quantitative estimate of drug-likeness (QED) is 0.407. The number of amides is 1. The summed E-state index contributed by atoms with van der Waals surface area (Å²) in [5.41, 5.74) is 0.555. The van der Waals surface area contributed by atoms with Crippen molar-refractivity contribution in [2.75, 3.05) is 13.7 Å². The summed E-state index contributed by atoms with van der Waals surface area (Å²) >= 11 is 5.92. The second kappa shape index (κ2) is 8.82. The van der Waals surface area contributed by atoms with Gasteiger partial charge < -0.3 is 25.2 Å². The molecule has 26 heavy (non-hydrogen) atoms. The fourth-order valence-corrected chi connectivity index (χ4v) is 2.60. The molecule has 0 aliphatic heterocycles. The molecular weight excluding hydrogens is 360 g/mol. The molecule has 2 rings (SSSR count). The van der Waals surface area contributed by atoms with E-state index in [9.17, 15) is 24.7 Å². The van der Waals surface area contributed by atoms with Crippen LogP contribution in [0.4, 0.5) is 0 Å². The van der Waals surface area contributed by atoms with Crippen LogP contribution < -0.4 is 15.5 Å². The van der Waals surface area contributed by atoms with E-state index in [1.54, 1.807) is 18.2 Å². The molecule has 0 fully saturated rings. The Morgan fingerprint density at radius 2 is 2.04 bits per heavy atom. The Labute approximate surface area is 155 Å². The Morgan fingerprint density at radius 3 is 2.65 bits per heavy atom. The Kier molecular flexibility index (Phi) is 6.76. The van der Waals surface area contributed by atoms with Gasteiger partial charge in [0.05, 0.1) is 13.2 Å². The first-order valence-corrected chi connectivity index (χ1v) is 8.00. The SMILES string of the molecule is COc1ccc(Cl)cc1C(O)CNC(=O)c1ccc(B(O)O)c(C=O)c1. The highest BCUT2D eigenvalue weighted by atomic mass is 35.5. The number of rotatable bonds is 7. The predicted octanol–water partition coefficient (Wildman–Crippen LogP) is 0.304. The number of methoxy groups -OCH3 is 1. The fraction of sp³-hybridized carbons (Fsp3) is 0.176. The minimum atomic E-state index is -1.82. The zero-order valence-electron chi connectivity index (χ0n) is 13.8. The summed E-state index contributed by atoms with van der Waals surface area (Å²) in [6.07, 6.45) is -0.631. The molecule has 0 aromatic heterocycles. The van der Waals surface area contributed by atoms with Crippen molar-refractivity contribution >= 4 is 36.4 Å². The van der Waals surface area contributed by atoms with E-state index in [1.807, 2.05) is 0 Å². The maximum atomic E-state index is 12.2. The third-order valence-electron chi connectivity index (χ3n) is 3.76. The fourth-order valence-electron chi connectivity index (χ4n) is 2.42. The van der Waals surface area contributed by atoms with Crippen LogP contribution in [0.25, 0.3) is 0 Å². The van der Waals surface area contributed by atoms with Gasteiger partial charge in [-0.3, -0.25) is 9.59 Å². The molecule has 1 unspecified atom stereocenters. The second-order valence-corrected chi connectivity index (χ2v) is 5.88. The van der Waals surface area contributed by atoms with E-state index in [2.05, 4.69) is 5.32 Å². The van der Waals surface area contributed by atoms with Gasteiger partial charge in [0.15, 0.2) is 0 Å². The monoisotopic (exact) mass is 377 g/mol. The van der Waals surface area contributed by atoms with Crippen molar-refractivity contribution < 1.29 is 29.5 Å². The first-order chi connectivity index (χ1) is 12.4. The standard InChI is InChI=1S/C17H17BClNO6/c1-26-16-5-3-12(19)7-13(16)15(22)8-20-17(23)10-2-4-14(18(24)25)11(6-10)9-21/h2-7,9,15,22,24-25H,8H2,1H3,(H,20,23). The van der Waals surface area contributed by atoms with E-state index in [0.717, 1.165) is 0 Å². The van der Waals surface area contributed by atoms with Gasteiger partial charge in [-0.05, 0) is 35.8 Å². The highest BCUT2D eigenvalue weighted by Gasteiger charge is 2.19. The van der Waals surface area contributed by atoms with Crippen LogP contribution in [0, 0.1) is 0 Å². The number of aldehydes is 1. The largest absolute Gasteiger partial charge is 0.496 e. The molecule has 0 bridgehead atoms. The number of hydrogen-bond acceptors (Lipinski definition) is 6. The summed E-state index contributed by atoms with van der Waals surface area (Å²) in [6.45, 7) is -0.115. The van der Waals surface area contributed by atoms with Crippen LogP contribution in [0.1, 0.15) is 32.4 Å². The lowest BCUT2D eigenvalue weighted by atomic mass is 9.77. The van der Waals surface area contributed by atoms with Crippen molar-refractivity contribution in [1.29, 1.82) is 0 Å². The Hall–Kier alpha value is -2.39. The number of aliphatic hydroxyl groups is 1. The number of nitrogens with one attached hydrogen (secondary N) is 1. The highest BCUT2D eigenvalue weighted by molar-refractivity contribution is 6.60. The van der Waals surface area contributed by atoms with Crippen LogP contribution in [0.15, 0.2) is 36.4 Å². The zero-order chi connectivity index (χ0) is 19.3. The van der Waals surface area contributed by atoms with Gasteiger partial charge in [0, 0.05) is 28.3 Å². The molecule has 0 saturated heterocycles. The summed E-state index contributed by atoms with van der Waals surface area (Å²) in [7, 11) is -0.361. The molecule has 1 atom stereocenters. The number of hydrogen-bond donors (Lipinski definition) is 4. The third-order valence-corrected chi connectivity index (χ3v) is 4.00. The van der Waals surface area contributed by atoms with E-state index in [-0.39, 0.29) is 23.1 Å². The molecule has 0 heterocycles. The van der Waals surface area contributed by atoms with E-state index in [1.165, 1.54) is 25.3 Å². The molecule has 1 amide bonds. The lowest BCUT2D eigenvalue weighted by Crippen LogP contribution is -2.34. The van der Waals surface area contributed by atoms with Crippen LogP contribution in [-0.2, 0) is 0 Å². The molecule has 0 aliphatic rings. The van der Waals surface area contributed by atoms with Crippen LogP contribution >= 0.6 is 11.6 Å². The van der Waals surface area contributed by atoms with Crippen molar-refractivity contribution in [3.8, 4) is 5.75 Å². The molecule has 2 aromatic carbocycles. The van der Waals surface area contributed by atoms with E-state index in [4.69, 9.17) is 16.3 Å². The molecule has 2 aromatic rings. The maximum Gasteiger partial charge on any atom is 0.489 e. The zero-order valence-corrected chi connectivity index (χ0v) is 14.6. The number of carbonyl (C=O) groups excluding carboxylic acids is 2. The molecule has 7 nitrogen and oxygen atoms in total. The minimum Gasteiger partial charge on any atom is -0.496 e. The summed E-state index contributed by atoms with van der Waals surface area (Å²) in [6, 6.07) is 8.64. The van der Waals surface area contributed by atoms with Crippen LogP contribution in [0.3, 0.4) is 0 Å². The smallest absolute Gasteiger partial charge is 0.489 e. The number of carbonyl (C=O) groups is 2. The average Bonchev–Trinajstić information content (AvgIpc) is 2.64. The molecule has 0 radical (unpaired) electrons. The lowest BCUT2D eigenvalue weighted by Gasteiger charge is -2.16. The molecule has 136 valence electrons. The Balaban J connectivity index is 2.11. The summed E-state index contributed by atoms with van der Waals surface area (Å²) in [5, 5.41) is 31.6. The third kappa shape index (κ3) is 4.61. The first kappa shape index (κ1) is 19.9. The highest BCUT2D eigenvalue weighted by Crippen LogP contribution is 2.28. The molecule has 9 heteroatoms. The topological polar surface area (TPSA) is 116 Å². The van der Waals surface area contributed by atoms with E-state index >= 15 is 0 Å². The summed E-state index contributed by atoms with van der Waals surface area (Å²) < 4.78 is 5.16. The Morgan fingerprint density at radius 1 is 1.31 bits per heavy atom. The minimum absolute atomic E-state index is 0.000230. The van der Waals surface area contributed by atoms with E-state index in [0.29, 0.717) is 22.6 Å². The first-order valence-electron chi connectivity index (χ1n) is 7.62. The summed E-state index contributed by atoms with van der Waals surface area (Å²) in [5.74, 6) is -0.104. The van der Waals surface area contributed by atoms with Gasteiger partial charge in [-0.2, -0.15) is 0 Å². The normalized spacial score (nSPS) is 11.6. The molecular formula is C17H17BClNO6. The van der Waals surface area contributed by atoms with Gasteiger partial charge in [0.2, 0.25) is 0 Å². The van der Waals surface area contributed by atoms with Crippen molar-refractivity contribution in [3.63, 3.8) is 0 Å².